The molecule has 0 unspecified atom stereocenters. The third kappa shape index (κ3) is 15.6. The van der Waals surface area contributed by atoms with Gasteiger partial charge >= 0.3 is 6.09 Å². The van der Waals surface area contributed by atoms with Crippen LogP contribution < -0.4 is 49.1 Å². The largest absolute Gasteiger partial charge is 0.449 e. The SMILES string of the molecule is C[C@@H](NC(=O)[C@@H]1CCCN1C(=O)[C@H](CCCN=C(N)N)NC(=O)CNC(=O)[C@@H](Cc1ccccc1)NC(=O)[C@@H](Cc1ccccc1)NC(=O)[C@@H](Cc1ccc2ccccc2c1)NC(=O)OCC1c2ccccc2-c2ccccc21)C(N)=O. The normalized spacial score (nSPS) is 15.2. The van der Waals surface area contributed by atoms with Gasteiger partial charge in [-0.2, -0.15) is 0 Å². The van der Waals surface area contributed by atoms with Gasteiger partial charge in [0.1, 0.15) is 42.9 Å². The molecular weight excluding hydrogens is 1040 g/mol. The zero-order valence-corrected chi connectivity index (χ0v) is 45.6. The second kappa shape index (κ2) is 28.0. The van der Waals surface area contributed by atoms with Crippen LogP contribution in [0.4, 0.5) is 4.79 Å². The van der Waals surface area contributed by atoms with E-state index >= 15 is 0 Å². The highest BCUT2D eigenvalue weighted by atomic mass is 16.5. The van der Waals surface area contributed by atoms with Gasteiger partial charge in [0.2, 0.25) is 41.4 Å². The zero-order chi connectivity index (χ0) is 58.1. The molecule has 6 aromatic rings. The Kier molecular flexibility index (Phi) is 20.0. The smallest absolute Gasteiger partial charge is 0.407 e. The number of nitrogens with two attached hydrogens (primary N) is 3. The van der Waals surface area contributed by atoms with E-state index in [0.29, 0.717) is 24.0 Å². The first kappa shape index (κ1) is 58.6. The first-order valence-electron chi connectivity index (χ1n) is 27.4. The summed E-state index contributed by atoms with van der Waals surface area (Å²) in [4.78, 5) is 116. The summed E-state index contributed by atoms with van der Waals surface area (Å²) in [5, 5.41) is 18.3. The van der Waals surface area contributed by atoms with Crippen LogP contribution in [0.5, 0.6) is 0 Å². The monoisotopic (exact) mass is 1110 g/mol. The second-order valence-corrected chi connectivity index (χ2v) is 20.5. The maximum atomic E-state index is 14.8. The van der Waals surface area contributed by atoms with Gasteiger partial charge in [-0.25, -0.2) is 4.79 Å². The number of hydrogen-bond acceptors (Lipinski definition) is 10. The van der Waals surface area contributed by atoms with Crippen molar-refractivity contribution in [2.45, 2.75) is 94.0 Å². The summed E-state index contributed by atoms with van der Waals surface area (Å²) in [7, 11) is 0. The molecular formula is C62H69N11O9. The molecule has 12 N–H and O–H groups in total. The van der Waals surface area contributed by atoms with E-state index in [4.69, 9.17) is 21.9 Å². The Hall–Kier alpha value is -9.59. The Bertz CT molecular complexity index is 3260. The van der Waals surface area contributed by atoms with Crippen LogP contribution in [0.1, 0.15) is 66.3 Å². The summed E-state index contributed by atoms with van der Waals surface area (Å²) in [5.74, 6) is -5.23. The lowest BCUT2D eigenvalue weighted by atomic mass is 9.98. The van der Waals surface area contributed by atoms with Gasteiger partial charge in [0, 0.05) is 38.3 Å². The number of likely N-dealkylation sites (tertiary alicyclic amines) is 1. The number of guanidine groups is 1. The first-order chi connectivity index (χ1) is 39.6. The number of nitrogens with zero attached hydrogens (tertiary/aromatic N) is 2. The fourth-order valence-electron chi connectivity index (χ4n) is 10.4. The van der Waals surface area contributed by atoms with Crippen molar-refractivity contribution >= 4 is 64.2 Å². The number of rotatable bonds is 25. The average Bonchev–Trinajstić information content (AvgIpc) is 4.02. The molecule has 8 amide bonds. The number of fused-ring (bicyclic) bond motifs is 4. The quantitative estimate of drug-likeness (QED) is 0.0227. The number of ether oxygens (including phenoxy) is 1. The molecule has 1 saturated heterocycles. The molecule has 1 heterocycles. The second-order valence-electron chi connectivity index (χ2n) is 20.5. The first-order valence-corrected chi connectivity index (χ1v) is 27.4. The number of carbonyl (C=O) groups is 8. The minimum absolute atomic E-state index is 0.00546. The lowest BCUT2D eigenvalue weighted by molar-refractivity contribution is -0.142. The van der Waals surface area contributed by atoms with Crippen LogP contribution in [0, 0.1) is 0 Å². The molecule has 8 rings (SSSR count). The number of amides is 8. The van der Waals surface area contributed by atoms with Crippen molar-refractivity contribution in [3.8, 4) is 11.1 Å². The number of hydrogen-bond donors (Lipinski definition) is 9. The summed E-state index contributed by atoms with van der Waals surface area (Å²) in [6, 6.07) is 40.3. The topological polar surface area (TPSA) is 312 Å². The highest BCUT2D eigenvalue weighted by Gasteiger charge is 2.39. The number of benzene rings is 6. The Morgan fingerprint density at radius 3 is 1.76 bits per heavy atom. The van der Waals surface area contributed by atoms with Crippen LogP contribution in [0.3, 0.4) is 0 Å². The van der Waals surface area contributed by atoms with Crippen molar-refractivity contribution in [1.82, 2.24) is 36.8 Å². The molecule has 0 spiro atoms. The molecule has 0 aromatic heterocycles. The third-order valence-corrected chi connectivity index (χ3v) is 14.7. The number of alkyl carbamates (subject to hydrolysis) is 1. The van der Waals surface area contributed by atoms with E-state index in [1.165, 1.54) is 11.8 Å². The minimum Gasteiger partial charge on any atom is -0.449 e. The van der Waals surface area contributed by atoms with Gasteiger partial charge in [0.15, 0.2) is 5.96 Å². The molecule has 1 fully saturated rings. The van der Waals surface area contributed by atoms with E-state index < -0.39 is 90.2 Å². The van der Waals surface area contributed by atoms with E-state index in [2.05, 4.69) is 36.9 Å². The minimum atomic E-state index is -1.30. The standard InChI is InChI=1S/C62H69N11O9/c1-38(55(63)75)68-59(79)53-27-15-31-73(53)60(80)49(26-14-30-66-61(64)65)69-54(74)36-67-56(76)50(33-39-16-4-2-5-17-39)70-57(77)51(34-40-18-6-3-7-19-40)71-58(78)52(35-41-28-29-42-20-8-9-21-43(42)32-41)72-62(81)82-37-48-46-24-12-10-22-44(46)45-23-11-13-25-47(45)48/h2-13,16-25,28-29,32,38,48-53H,14-15,26-27,30-31,33-37H2,1H3,(H2,63,75)(H,67,76)(H,68,79)(H,69,74)(H,70,77)(H,71,78)(H,72,81)(H4,64,65,66)/t38-,49+,50-,51-,52-,53+/m1/s1. The molecule has 82 heavy (non-hydrogen) atoms. The number of primary amides is 1. The summed E-state index contributed by atoms with van der Waals surface area (Å²) >= 11 is 0. The fraction of sp³-hybridized carbons (Fsp3) is 0.306. The lowest BCUT2D eigenvalue weighted by Crippen LogP contribution is -2.59. The molecule has 0 saturated carbocycles. The molecule has 20 nitrogen and oxygen atoms in total. The van der Waals surface area contributed by atoms with Crippen molar-refractivity contribution in [2.75, 3.05) is 26.2 Å². The summed E-state index contributed by atoms with van der Waals surface area (Å²) in [6.07, 6.45) is 0.242. The molecule has 0 radical (unpaired) electrons. The Labute approximate surface area is 475 Å². The highest BCUT2D eigenvalue weighted by molar-refractivity contribution is 5.97. The van der Waals surface area contributed by atoms with Crippen molar-refractivity contribution in [3.63, 3.8) is 0 Å². The van der Waals surface area contributed by atoms with Gasteiger partial charge in [-0.05, 0) is 82.3 Å². The maximum absolute atomic E-state index is 14.8. The Morgan fingerprint density at radius 1 is 0.598 bits per heavy atom. The maximum Gasteiger partial charge on any atom is 0.407 e. The van der Waals surface area contributed by atoms with Gasteiger partial charge in [-0.3, -0.25) is 38.6 Å². The average molecular weight is 1110 g/mol. The molecule has 0 bridgehead atoms. The molecule has 1 aliphatic carbocycles. The predicted octanol–water partition coefficient (Wildman–Crippen LogP) is 3.38. The zero-order valence-electron chi connectivity index (χ0n) is 45.6. The Balaban J connectivity index is 0.990. The van der Waals surface area contributed by atoms with E-state index in [1.54, 1.807) is 54.6 Å². The van der Waals surface area contributed by atoms with Crippen molar-refractivity contribution < 1.29 is 43.1 Å². The van der Waals surface area contributed by atoms with Gasteiger partial charge in [0.05, 0.1) is 6.54 Å². The van der Waals surface area contributed by atoms with Crippen molar-refractivity contribution in [3.05, 3.63) is 179 Å². The van der Waals surface area contributed by atoms with Crippen molar-refractivity contribution in [1.29, 1.82) is 0 Å². The van der Waals surface area contributed by atoms with Crippen LogP contribution in [0.25, 0.3) is 21.9 Å². The van der Waals surface area contributed by atoms with E-state index in [0.717, 1.165) is 38.6 Å². The van der Waals surface area contributed by atoms with Crippen LogP contribution in [0.15, 0.2) is 157 Å². The molecule has 2 aliphatic rings. The van der Waals surface area contributed by atoms with Crippen LogP contribution in [0.2, 0.25) is 0 Å². The molecule has 6 atom stereocenters. The van der Waals surface area contributed by atoms with Gasteiger partial charge in [-0.15, -0.1) is 0 Å². The van der Waals surface area contributed by atoms with Crippen LogP contribution in [-0.2, 0) is 57.6 Å². The molecule has 426 valence electrons. The summed E-state index contributed by atoms with van der Waals surface area (Å²) < 4.78 is 5.93. The van der Waals surface area contributed by atoms with Gasteiger partial charge in [-0.1, -0.05) is 152 Å². The van der Waals surface area contributed by atoms with Gasteiger partial charge < -0.3 is 58.7 Å². The van der Waals surface area contributed by atoms with E-state index in [1.807, 2.05) is 97.1 Å². The van der Waals surface area contributed by atoms with E-state index in [9.17, 15) is 38.4 Å². The molecule has 6 aromatic carbocycles. The molecule has 20 heteroatoms. The number of carbonyl (C=O) groups excluding carboxylic acids is 8. The summed E-state index contributed by atoms with van der Waals surface area (Å²) in [5.41, 5.74) is 22.6. The number of nitrogens with one attached hydrogen (secondary N) is 6. The number of aliphatic imine (C=N–C) groups is 1. The molecule has 1 aliphatic heterocycles. The predicted molar refractivity (Wildman–Crippen MR) is 310 cm³/mol. The highest BCUT2D eigenvalue weighted by Crippen LogP contribution is 2.44. The van der Waals surface area contributed by atoms with Crippen molar-refractivity contribution in [2.24, 2.45) is 22.2 Å². The summed E-state index contributed by atoms with van der Waals surface area (Å²) in [6.45, 7) is 1.13. The van der Waals surface area contributed by atoms with Crippen LogP contribution >= 0.6 is 0 Å². The Morgan fingerprint density at radius 2 is 1.15 bits per heavy atom. The van der Waals surface area contributed by atoms with Gasteiger partial charge in [0.25, 0.3) is 0 Å². The van der Waals surface area contributed by atoms with E-state index in [-0.39, 0.29) is 63.7 Å². The van der Waals surface area contributed by atoms with Crippen LogP contribution in [-0.4, -0.2) is 121 Å². The lowest BCUT2D eigenvalue weighted by Gasteiger charge is -2.29. The fourth-order valence-corrected chi connectivity index (χ4v) is 10.4. The third-order valence-electron chi connectivity index (χ3n) is 14.7.